The fraction of sp³-hybridized carbons (Fsp3) is 0.381. The van der Waals surface area contributed by atoms with Gasteiger partial charge in [-0.25, -0.2) is 0 Å². The SMILES string of the molecule is O=C(Cc1coc2cc3c(cc12)CCC3)N(Cc1cccs1)C1CC1. The maximum atomic E-state index is 13.0. The Balaban J connectivity index is 1.40. The van der Waals surface area contributed by atoms with Crippen LogP contribution in [0.4, 0.5) is 0 Å². The van der Waals surface area contributed by atoms with Crippen LogP contribution in [0.25, 0.3) is 11.0 Å². The maximum Gasteiger partial charge on any atom is 0.227 e. The third-order valence-electron chi connectivity index (χ3n) is 5.42. The Morgan fingerprint density at radius 2 is 2.08 bits per heavy atom. The highest BCUT2D eigenvalue weighted by molar-refractivity contribution is 7.09. The number of hydrogen-bond donors (Lipinski definition) is 0. The lowest BCUT2D eigenvalue weighted by Crippen LogP contribution is -2.33. The molecule has 1 fully saturated rings. The average Bonchev–Trinajstić information content (AvgIpc) is 3.00. The van der Waals surface area contributed by atoms with Crippen LogP contribution in [0.3, 0.4) is 0 Å². The van der Waals surface area contributed by atoms with Crippen molar-refractivity contribution in [3.63, 3.8) is 0 Å². The molecule has 1 aromatic carbocycles. The van der Waals surface area contributed by atoms with Gasteiger partial charge in [0.1, 0.15) is 5.58 Å². The number of carbonyl (C=O) groups excluding carboxylic acids is 1. The summed E-state index contributed by atoms with van der Waals surface area (Å²) in [6, 6.07) is 9.03. The third-order valence-corrected chi connectivity index (χ3v) is 6.29. The first-order valence-electron chi connectivity index (χ1n) is 9.11. The summed E-state index contributed by atoms with van der Waals surface area (Å²) < 4.78 is 5.77. The van der Waals surface area contributed by atoms with Crippen LogP contribution >= 0.6 is 11.3 Å². The zero-order valence-electron chi connectivity index (χ0n) is 14.2. The quantitative estimate of drug-likeness (QED) is 0.666. The van der Waals surface area contributed by atoms with E-state index in [4.69, 9.17) is 4.42 Å². The van der Waals surface area contributed by atoms with Gasteiger partial charge in [-0.3, -0.25) is 4.79 Å². The highest BCUT2D eigenvalue weighted by atomic mass is 32.1. The molecule has 0 atom stereocenters. The van der Waals surface area contributed by atoms with Crippen molar-refractivity contribution >= 4 is 28.2 Å². The number of rotatable bonds is 5. The number of benzene rings is 1. The van der Waals surface area contributed by atoms with E-state index in [2.05, 4.69) is 34.5 Å². The molecule has 1 amide bonds. The van der Waals surface area contributed by atoms with Gasteiger partial charge in [0.2, 0.25) is 5.91 Å². The Labute approximate surface area is 151 Å². The molecule has 128 valence electrons. The second-order valence-electron chi connectivity index (χ2n) is 7.24. The molecule has 3 aromatic rings. The van der Waals surface area contributed by atoms with Gasteiger partial charge in [-0.15, -0.1) is 11.3 Å². The van der Waals surface area contributed by atoms with Crippen molar-refractivity contribution in [2.24, 2.45) is 0 Å². The van der Waals surface area contributed by atoms with Crippen molar-refractivity contribution in [3.05, 3.63) is 57.5 Å². The second kappa shape index (κ2) is 6.03. The van der Waals surface area contributed by atoms with Crippen molar-refractivity contribution < 1.29 is 9.21 Å². The monoisotopic (exact) mass is 351 g/mol. The van der Waals surface area contributed by atoms with Gasteiger partial charge in [0, 0.05) is 21.9 Å². The zero-order chi connectivity index (χ0) is 16.8. The normalized spacial score (nSPS) is 16.3. The summed E-state index contributed by atoms with van der Waals surface area (Å²) in [4.78, 5) is 16.3. The van der Waals surface area contributed by atoms with Crippen molar-refractivity contribution in [2.75, 3.05) is 0 Å². The van der Waals surface area contributed by atoms with Gasteiger partial charge >= 0.3 is 0 Å². The molecule has 2 heterocycles. The van der Waals surface area contributed by atoms with Crippen LogP contribution in [0, 0.1) is 0 Å². The van der Waals surface area contributed by atoms with Crippen molar-refractivity contribution in [1.82, 2.24) is 4.90 Å². The molecule has 0 saturated heterocycles. The van der Waals surface area contributed by atoms with Gasteiger partial charge < -0.3 is 9.32 Å². The zero-order valence-corrected chi connectivity index (χ0v) is 15.0. The molecule has 25 heavy (non-hydrogen) atoms. The number of furan rings is 1. The number of hydrogen-bond acceptors (Lipinski definition) is 3. The van der Waals surface area contributed by atoms with E-state index in [1.54, 1.807) is 17.6 Å². The van der Waals surface area contributed by atoms with Gasteiger partial charge in [-0.2, -0.15) is 0 Å². The molecule has 0 bridgehead atoms. The van der Waals surface area contributed by atoms with Crippen LogP contribution in [0.2, 0.25) is 0 Å². The Bertz CT molecular complexity index is 921. The molecule has 1 saturated carbocycles. The minimum atomic E-state index is 0.221. The van der Waals surface area contributed by atoms with E-state index in [1.165, 1.54) is 22.4 Å². The highest BCUT2D eigenvalue weighted by Gasteiger charge is 2.33. The first-order chi connectivity index (χ1) is 12.3. The van der Waals surface area contributed by atoms with E-state index in [0.29, 0.717) is 12.5 Å². The van der Waals surface area contributed by atoms with Gasteiger partial charge in [0.15, 0.2) is 0 Å². The number of fused-ring (bicyclic) bond motifs is 2. The molecule has 3 nitrogen and oxygen atoms in total. The highest BCUT2D eigenvalue weighted by Crippen LogP contribution is 2.33. The summed E-state index contributed by atoms with van der Waals surface area (Å²) >= 11 is 1.73. The van der Waals surface area contributed by atoms with Crippen LogP contribution in [-0.4, -0.2) is 16.8 Å². The van der Waals surface area contributed by atoms with Crippen molar-refractivity contribution in [1.29, 1.82) is 0 Å². The lowest BCUT2D eigenvalue weighted by atomic mass is 10.0. The Morgan fingerprint density at radius 3 is 2.84 bits per heavy atom. The summed E-state index contributed by atoms with van der Waals surface area (Å²) in [6.07, 6.45) is 8.02. The first-order valence-corrected chi connectivity index (χ1v) is 9.99. The predicted molar refractivity (Wildman–Crippen MR) is 99.8 cm³/mol. The summed E-state index contributed by atoms with van der Waals surface area (Å²) in [5, 5.41) is 3.20. The Hall–Kier alpha value is -2.07. The molecule has 5 rings (SSSR count). The van der Waals surface area contributed by atoms with E-state index in [1.807, 2.05) is 0 Å². The molecule has 0 N–H and O–H groups in total. The molecular formula is C21H21NO2S. The van der Waals surface area contributed by atoms with Crippen molar-refractivity contribution in [3.8, 4) is 0 Å². The molecule has 0 spiro atoms. The molecule has 0 unspecified atom stereocenters. The number of aryl methyl sites for hydroxylation is 2. The topological polar surface area (TPSA) is 33.5 Å². The van der Waals surface area contributed by atoms with E-state index in [0.717, 1.165) is 48.8 Å². The number of amides is 1. The van der Waals surface area contributed by atoms with E-state index >= 15 is 0 Å². The number of thiophene rings is 1. The van der Waals surface area contributed by atoms with Gasteiger partial charge in [-0.1, -0.05) is 6.07 Å². The smallest absolute Gasteiger partial charge is 0.227 e. The molecule has 0 aliphatic heterocycles. The van der Waals surface area contributed by atoms with Gasteiger partial charge in [0.05, 0.1) is 19.2 Å². The first kappa shape index (κ1) is 15.2. The molecule has 2 aliphatic rings. The standard InChI is InChI=1S/C21H21NO2S/c23-21(22(17-6-7-17)12-18-5-2-8-25-18)11-16-13-24-20-10-15-4-1-3-14(15)9-19(16)20/h2,5,8-10,13,17H,1,3-4,6-7,11-12H2. The third kappa shape index (κ3) is 2.89. The van der Waals surface area contributed by atoms with E-state index < -0.39 is 0 Å². The molecular weight excluding hydrogens is 330 g/mol. The average molecular weight is 351 g/mol. The Kier molecular flexibility index (Phi) is 3.66. The lowest BCUT2D eigenvalue weighted by molar-refractivity contribution is -0.131. The van der Waals surface area contributed by atoms with Crippen LogP contribution < -0.4 is 0 Å². The predicted octanol–water partition coefficient (Wildman–Crippen LogP) is 4.72. The molecule has 2 aromatic heterocycles. The number of nitrogens with zero attached hydrogens (tertiary/aromatic N) is 1. The summed E-state index contributed by atoms with van der Waals surface area (Å²) in [5.74, 6) is 0.221. The minimum absolute atomic E-state index is 0.221. The molecule has 4 heteroatoms. The van der Waals surface area contributed by atoms with Crippen molar-refractivity contribution in [2.45, 2.75) is 51.1 Å². The fourth-order valence-corrected chi connectivity index (χ4v) is 4.63. The molecule has 0 radical (unpaired) electrons. The maximum absolute atomic E-state index is 13.0. The summed E-state index contributed by atoms with van der Waals surface area (Å²) in [6.45, 7) is 0.742. The van der Waals surface area contributed by atoms with Gasteiger partial charge in [0.25, 0.3) is 0 Å². The van der Waals surface area contributed by atoms with Gasteiger partial charge in [-0.05, 0) is 66.8 Å². The lowest BCUT2D eigenvalue weighted by Gasteiger charge is -2.21. The molecule has 2 aliphatic carbocycles. The van der Waals surface area contributed by atoms with Crippen LogP contribution in [0.5, 0.6) is 0 Å². The second-order valence-corrected chi connectivity index (χ2v) is 8.27. The van der Waals surface area contributed by atoms with Crippen LogP contribution in [-0.2, 0) is 30.6 Å². The van der Waals surface area contributed by atoms with E-state index in [-0.39, 0.29) is 5.91 Å². The largest absolute Gasteiger partial charge is 0.464 e. The Morgan fingerprint density at radius 1 is 1.24 bits per heavy atom. The fourth-order valence-electron chi connectivity index (χ4n) is 3.93. The number of carbonyl (C=O) groups is 1. The van der Waals surface area contributed by atoms with E-state index in [9.17, 15) is 4.79 Å². The summed E-state index contributed by atoms with van der Waals surface area (Å²) in [5.41, 5.74) is 4.81. The van der Waals surface area contributed by atoms with Crippen LogP contribution in [0.15, 0.2) is 40.3 Å². The van der Waals surface area contributed by atoms with Crippen LogP contribution in [0.1, 0.15) is 40.8 Å². The minimum Gasteiger partial charge on any atom is -0.464 e. The summed E-state index contributed by atoms with van der Waals surface area (Å²) in [7, 11) is 0.